The Morgan fingerprint density at radius 3 is 2.44 bits per heavy atom. The van der Waals surface area contributed by atoms with Crippen molar-refractivity contribution in [3.05, 3.63) is 60.2 Å². The summed E-state index contributed by atoms with van der Waals surface area (Å²) in [7, 11) is 0. The molecule has 1 aliphatic rings. The highest BCUT2D eigenvalue weighted by atomic mass is 16.5. The lowest BCUT2D eigenvalue weighted by Gasteiger charge is -2.29. The summed E-state index contributed by atoms with van der Waals surface area (Å²) in [5.74, 6) is 1.43. The van der Waals surface area contributed by atoms with Crippen molar-refractivity contribution in [2.45, 2.75) is 39.3 Å². The van der Waals surface area contributed by atoms with Gasteiger partial charge < -0.3 is 15.0 Å². The van der Waals surface area contributed by atoms with Gasteiger partial charge in [-0.15, -0.1) is 0 Å². The molecule has 1 unspecified atom stereocenters. The summed E-state index contributed by atoms with van der Waals surface area (Å²) < 4.78 is 5.45. The number of rotatable bonds is 7. The predicted molar refractivity (Wildman–Crippen MR) is 101 cm³/mol. The lowest BCUT2D eigenvalue weighted by Crippen LogP contribution is -2.42. The van der Waals surface area contributed by atoms with Crippen LogP contribution in [-0.4, -0.2) is 23.6 Å². The number of carbonyl (C=O) groups excluding carboxylic acids is 1. The predicted octanol–water partition coefficient (Wildman–Crippen LogP) is 4.92. The van der Waals surface area contributed by atoms with Crippen LogP contribution in [0.1, 0.15) is 32.3 Å². The summed E-state index contributed by atoms with van der Waals surface area (Å²) >= 11 is 0. The van der Waals surface area contributed by atoms with E-state index in [0.29, 0.717) is 19.1 Å². The fraction of sp³-hybridized carbons (Fsp3) is 0.381. The van der Waals surface area contributed by atoms with E-state index in [9.17, 15) is 4.79 Å². The Balaban J connectivity index is 1.69. The summed E-state index contributed by atoms with van der Waals surface area (Å²) in [5, 5.41) is 3.03. The van der Waals surface area contributed by atoms with Crippen molar-refractivity contribution in [2.24, 2.45) is 5.92 Å². The first-order valence-electron chi connectivity index (χ1n) is 9.01. The molecule has 1 saturated carbocycles. The SMILES string of the molecule is CCOc1ccc(NC(=O)N(Cc2ccccc2)C(C)C2CC2)cc1. The zero-order valence-electron chi connectivity index (χ0n) is 14.9. The van der Waals surface area contributed by atoms with E-state index in [1.54, 1.807) is 0 Å². The third-order valence-corrected chi connectivity index (χ3v) is 4.67. The molecule has 2 aromatic carbocycles. The Bertz CT molecular complexity index is 681. The highest BCUT2D eigenvalue weighted by Crippen LogP contribution is 2.36. The van der Waals surface area contributed by atoms with Crippen molar-refractivity contribution < 1.29 is 9.53 Å². The van der Waals surface area contributed by atoms with Gasteiger partial charge in [0.15, 0.2) is 0 Å². The molecule has 0 spiro atoms. The number of nitrogens with zero attached hydrogens (tertiary/aromatic N) is 1. The van der Waals surface area contributed by atoms with Crippen LogP contribution >= 0.6 is 0 Å². The van der Waals surface area contributed by atoms with Gasteiger partial charge >= 0.3 is 6.03 Å². The quantitative estimate of drug-likeness (QED) is 0.778. The minimum Gasteiger partial charge on any atom is -0.494 e. The van der Waals surface area contributed by atoms with E-state index in [-0.39, 0.29) is 12.1 Å². The Kier molecular flexibility index (Phi) is 5.59. The van der Waals surface area contributed by atoms with Gasteiger partial charge in [0.25, 0.3) is 0 Å². The number of anilines is 1. The second kappa shape index (κ2) is 8.06. The number of amides is 2. The van der Waals surface area contributed by atoms with Gasteiger partial charge in [-0.1, -0.05) is 30.3 Å². The van der Waals surface area contributed by atoms with Gasteiger partial charge in [-0.25, -0.2) is 4.79 Å². The number of ether oxygens (including phenoxy) is 1. The van der Waals surface area contributed by atoms with Crippen LogP contribution in [0.25, 0.3) is 0 Å². The van der Waals surface area contributed by atoms with Crippen LogP contribution in [0.2, 0.25) is 0 Å². The van der Waals surface area contributed by atoms with Gasteiger partial charge in [-0.2, -0.15) is 0 Å². The smallest absolute Gasteiger partial charge is 0.322 e. The normalized spacial score (nSPS) is 14.6. The fourth-order valence-electron chi connectivity index (χ4n) is 3.01. The average Bonchev–Trinajstić information content (AvgIpc) is 3.47. The molecule has 1 atom stereocenters. The average molecular weight is 338 g/mol. The molecular weight excluding hydrogens is 312 g/mol. The van der Waals surface area contributed by atoms with Crippen molar-refractivity contribution in [3.63, 3.8) is 0 Å². The molecule has 0 aromatic heterocycles. The van der Waals surface area contributed by atoms with Crippen molar-refractivity contribution in [3.8, 4) is 5.75 Å². The van der Waals surface area contributed by atoms with Crippen LogP contribution in [0, 0.1) is 5.92 Å². The molecule has 0 saturated heterocycles. The number of hydrogen-bond donors (Lipinski definition) is 1. The maximum atomic E-state index is 12.9. The molecule has 4 heteroatoms. The largest absolute Gasteiger partial charge is 0.494 e. The monoisotopic (exact) mass is 338 g/mol. The molecular formula is C21H26N2O2. The van der Waals surface area contributed by atoms with Crippen molar-refractivity contribution in [1.82, 2.24) is 4.90 Å². The first-order chi connectivity index (χ1) is 12.2. The maximum absolute atomic E-state index is 12.9. The topological polar surface area (TPSA) is 41.6 Å². The van der Waals surface area contributed by atoms with Crippen LogP contribution in [0.3, 0.4) is 0 Å². The number of hydrogen-bond acceptors (Lipinski definition) is 2. The molecule has 0 heterocycles. The van der Waals surface area contributed by atoms with Gasteiger partial charge in [-0.05, 0) is 62.4 Å². The molecule has 1 N–H and O–H groups in total. The Morgan fingerprint density at radius 1 is 1.16 bits per heavy atom. The molecule has 132 valence electrons. The standard InChI is InChI=1S/C21H26N2O2/c1-3-25-20-13-11-19(12-14-20)22-21(24)23(16(2)18-9-10-18)15-17-7-5-4-6-8-17/h4-8,11-14,16,18H,3,9-10,15H2,1-2H3,(H,22,24). The first-order valence-corrected chi connectivity index (χ1v) is 9.01. The van der Waals surface area contributed by atoms with Gasteiger partial charge in [0, 0.05) is 18.3 Å². The minimum atomic E-state index is -0.0487. The third kappa shape index (κ3) is 4.75. The Labute approximate surface area is 149 Å². The van der Waals surface area contributed by atoms with Crippen molar-refractivity contribution >= 4 is 11.7 Å². The van der Waals surface area contributed by atoms with Crippen LogP contribution in [0.4, 0.5) is 10.5 Å². The Hall–Kier alpha value is -2.49. The van der Waals surface area contributed by atoms with Crippen molar-refractivity contribution in [2.75, 3.05) is 11.9 Å². The van der Waals surface area contributed by atoms with Crippen LogP contribution in [0.15, 0.2) is 54.6 Å². The summed E-state index contributed by atoms with van der Waals surface area (Å²) in [6.45, 7) is 5.37. The van der Waals surface area contributed by atoms with E-state index in [4.69, 9.17) is 4.74 Å². The van der Waals surface area contributed by atoms with Gasteiger partial charge in [-0.3, -0.25) is 0 Å². The highest BCUT2D eigenvalue weighted by molar-refractivity contribution is 5.89. The van der Waals surface area contributed by atoms with Gasteiger partial charge in [0.2, 0.25) is 0 Å². The molecule has 2 aromatic rings. The highest BCUT2D eigenvalue weighted by Gasteiger charge is 2.34. The van der Waals surface area contributed by atoms with Gasteiger partial charge in [0.05, 0.1) is 6.61 Å². The van der Waals surface area contributed by atoms with Crippen LogP contribution in [-0.2, 0) is 6.54 Å². The summed E-state index contributed by atoms with van der Waals surface area (Å²) in [5.41, 5.74) is 1.94. The molecule has 0 bridgehead atoms. The van der Waals surface area contributed by atoms with Crippen LogP contribution in [0.5, 0.6) is 5.75 Å². The Morgan fingerprint density at radius 2 is 1.84 bits per heavy atom. The number of nitrogens with one attached hydrogen (secondary N) is 1. The maximum Gasteiger partial charge on any atom is 0.322 e. The number of carbonyl (C=O) groups is 1. The van der Waals surface area contributed by atoms with E-state index in [1.807, 2.05) is 54.3 Å². The third-order valence-electron chi connectivity index (χ3n) is 4.67. The van der Waals surface area contributed by atoms with E-state index < -0.39 is 0 Å². The van der Waals surface area contributed by atoms with Crippen LogP contribution < -0.4 is 10.1 Å². The molecule has 25 heavy (non-hydrogen) atoms. The van der Waals surface area contributed by atoms with Gasteiger partial charge in [0.1, 0.15) is 5.75 Å². The summed E-state index contributed by atoms with van der Waals surface area (Å²) in [6.07, 6.45) is 2.42. The summed E-state index contributed by atoms with van der Waals surface area (Å²) in [4.78, 5) is 14.8. The van der Waals surface area contributed by atoms with Crippen molar-refractivity contribution in [1.29, 1.82) is 0 Å². The van der Waals surface area contributed by atoms with E-state index in [0.717, 1.165) is 17.0 Å². The lowest BCUT2D eigenvalue weighted by atomic mass is 10.1. The summed E-state index contributed by atoms with van der Waals surface area (Å²) in [6, 6.07) is 17.9. The zero-order chi connectivity index (χ0) is 17.6. The minimum absolute atomic E-state index is 0.0487. The zero-order valence-corrected chi connectivity index (χ0v) is 14.9. The molecule has 0 aliphatic heterocycles. The number of urea groups is 1. The lowest BCUT2D eigenvalue weighted by molar-refractivity contribution is 0.181. The molecule has 3 rings (SSSR count). The molecule has 1 aliphatic carbocycles. The first kappa shape index (κ1) is 17.3. The fourth-order valence-corrected chi connectivity index (χ4v) is 3.01. The second-order valence-electron chi connectivity index (χ2n) is 6.58. The molecule has 0 radical (unpaired) electrons. The molecule has 2 amide bonds. The molecule has 4 nitrogen and oxygen atoms in total. The van der Waals surface area contributed by atoms with E-state index >= 15 is 0 Å². The van der Waals surface area contributed by atoms with E-state index in [2.05, 4.69) is 24.4 Å². The second-order valence-corrected chi connectivity index (χ2v) is 6.58. The van der Waals surface area contributed by atoms with E-state index in [1.165, 1.54) is 12.8 Å². The number of benzene rings is 2. The molecule has 1 fully saturated rings.